The molecule has 33 heavy (non-hydrogen) atoms. The van der Waals surface area contributed by atoms with Crippen molar-refractivity contribution in [1.82, 2.24) is 9.78 Å². The molecule has 0 radical (unpaired) electrons. The van der Waals surface area contributed by atoms with Gasteiger partial charge in [-0.2, -0.15) is 10.4 Å². The summed E-state index contributed by atoms with van der Waals surface area (Å²) in [5, 5.41) is 18.0. The van der Waals surface area contributed by atoms with Crippen LogP contribution in [0.15, 0.2) is 54.7 Å². The van der Waals surface area contributed by atoms with Gasteiger partial charge in [-0.25, -0.2) is 4.39 Å². The van der Waals surface area contributed by atoms with Crippen LogP contribution in [0.2, 0.25) is 5.02 Å². The van der Waals surface area contributed by atoms with Crippen molar-refractivity contribution in [3.8, 4) is 6.07 Å². The summed E-state index contributed by atoms with van der Waals surface area (Å²) >= 11 is 6.13. The van der Waals surface area contributed by atoms with Crippen LogP contribution in [0.25, 0.3) is 0 Å². The number of nitriles is 1. The monoisotopic (exact) mass is 465 g/mol. The lowest BCUT2D eigenvalue weighted by Crippen LogP contribution is -2.38. The second-order valence-corrected chi connectivity index (χ2v) is 9.11. The standard InChI is InChI=1S/C25H25ClFN5O/c26-19-3-1-2-18(15-19)14-17-8-10-25(11-9-17,12-13-28)32-16-22(23(29)33)24(31-32)30-21-6-4-20(27)5-7-21/h1-7,15-17H,8-12,14H2,(H2,29,33)(H,30,31). The molecule has 1 aliphatic carbocycles. The molecule has 0 aliphatic heterocycles. The number of benzene rings is 2. The summed E-state index contributed by atoms with van der Waals surface area (Å²) in [6.07, 6.45) is 6.24. The summed E-state index contributed by atoms with van der Waals surface area (Å²) in [4.78, 5) is 12.1. The van der Waals surface area contributed by atoms with Crippen LogP contribution in [0.4, 0.5) is 15.9 Å². The number of carbonyl (C=O) groups excluding carboxylic acids is 1. The molecule has 0 unspecified atom stereocenters. The number of primary amides is 1. The van der Waals surface area contributed by atoms with Crippen molar-refractivity contribution >= 4 is 29.0 Å². The second-order valence-electron chi connectivity index (χ2n) is 8.67. The van der Waals surface area contributed by atoms with Crippen LogP contribution in [-0.4, -0.2) is 15.7 Å². The fraction of sp³-hybridized carbons (Fsp3) is 0.320. The number of carbonyl (C=O) groups is 1. The average Bonchev–Trinajstić information content (AvgIpc) is 3.22. The Morgan fingerprint density at radius 3 is 2.64 bits per heavy atom. The van der Waals surface area contributed by atoms with Crippen molar-refractivity contribution in [2.24, 2.45) is 11.7 Å². The van der Waals surface area contributed by atoms with E-state index >= 15 is 0 Å². The number of amides is 1. The minimum absolute atomic E-state index is 0.234. The third-order valence-corrected chi connectivity index (χ3v) is 6.67. The number of nitrogens with two attached hydrogens (primary N) is 1. The number of hydrogen-bond acceptors (Lipinski definition) is 4. The number of anilines is 2. The number of rotatable bonds is 7. The summed E-state index contributed by atoms with van der Waals surface area (Å²) < 4.78 is 15.0. The number of nitrogens with one attached hydrogen (secondary N) is 1. The summed E-state index contributed by atoms with van der Waals surface area (Å²) in [5.74, 6) is -0.193. The van der Waals surface area contributed by atoms with Crippen molar-refractivity contribution in [3.05, 3.63) is 76.7 Å². The molecule has 3 aromatic rings. The summed E-state index contributed by atoms with van der Waals surface area (Å²) in [6, 6.07) is 16.0. The SMILES string of the molecule is N#CCC1(n2cc(C(N)=O)c(Nc3ccc(F)cc3)n2)CCC(Cc2cccc(Cl)c2)CC1. The van der Waals surface area contributed by atoms with Crippen molar-refractivity contribution in [2.75, 3.05) is 5.32 Å². The number of halogens is 2. The average molecular weight is 466 g/mol. The van der Waals surface area contributed by atoms with Gasteiger partial charge in [0.1, 0.15) is 11.4 Å². The third-order valence-electron chi connectivity index (χ3n) is 6.43. The maximum atomic E-state index is 13.2. The first-order chi connectivity index (χ1) is 15.9. The van der Waals surface area contributed by atoms with Crippen LogP contribution < -0.4 is 11.1 Å². The zero-order valence-corrected chi connectivity index (χ0v) is 18.9. The molecule has 0 spiro atoms. The normalized spacial score (nSPS) is 20.2. The molecule has 0 bridgehead atoms. The lowest BCUT2D eigenvalue weighted by atomic mass is 9.73. The smallest absolute Gasteiger partial charge is 0.254 e. The Morgan fingerprint density at radius 2 is 2.00 bits per heavy atom. The van der Waals surface area contributed by atoms with Gasteiger partial charge in [0, 0.05) is 16.9 Å². The first-order valence-corrected chi connectivity index (χ1v) is 11.3. The predicted octanol–water partition coefficient (Wildman–Crippen LogP) is 5.56. The molecule has 0 atom stereocenters. The Balaban J connectivity index is 1.55. The highest BCUT2D eigenvalue weighted by atomic mass is 35.5. The zero-order valence-electron chi connectivity index (χ0n) is 18.1. The lowest BCUT2D eigenvalue weighted by Gasteiger charge is -2.39. The Bertz CT molecular complexity index is 1180. The van der Waals surface area contributed by atoms with Crippen LogP contribution in [0.3, 0.4) is 0 Å². The van der Waals surface area contributed by atoms with Gasteiger partial charge in [-0.1, -0.05) is 23.7 Å². The van der Waals surface area contributed by atoms with Crippen LogP contribution in [0.5, 0.6) is 0 Å². The highest BCUT2D eigenvalue weighted by Crippen LogP contribution is 2.42. The molecular weight excluding hydrogens is 441 g/mol. The molecule has 1 saturated carbocycles. The van der Waals surface area contributed by atoms with Gasteiger partial charge >= 0.3 is 0 Å². The molecule has 1 fully saturated rings. The molecule has 2 aromatic carbocycles. The Labute approximate surface area is 197 Å². The quantitative estimate of drug-likeness (QED) is 0.477. The van der Waals surface area contributed by atoms with E-state index in [0.717, 1.165) is 37.1 Å². The van der Waals surface area contributed by atoms with E-state index in [1.807, 2.05) is 18.2 Å². The maximum absolute atomic E-state index is 13.2. The first-order valence-electron chi connectivity index (χ1n) is 10.9. The molecule has 0 saturated heterocycles. The van der Waals surface area contributed by atoms with Crippen molar-refractivity contribution < 1.29 is 9.18 Å². The second kappa shape index (κ2) is 9.63. The van der Waals surface area contributed by atoms with Gasteiger partial charge in [0.2, 0.25) is 0 Å². The van der Waals surface area contributed by atoms with Gasteiger partial charge in [-0.3, -0.25) is 9.48 Å². The largest absolute Gasteiger partial charge is 0.365 e. The zero-order chi connectivity index (χ0) is 23.4. The summed E-state index contributed by atoms with van der Waals surface area (Å²) in [6.45, 7) is 0. The minimum Gasteiger partial charge on any atom is -0.365 e. The molecule has 1 amide bonds. The van der Waals surface area contributed by atoms with E-state index in [0.29, 0.717) is 17.4 Å². The first kappa shape index (κ1) is 22.8. The Morgan fingerprint density at radius 1 is 1.27 bits per heavy atom. The maximum Gasteiger partial charge on any atom is 0.254 e. The van der Waals surface area contributed by atoms with E-state index in [1.54, 1.807) is 23.0 Å². The van der Waals surface area contributed by atoms with E-state index in [-0.39, 0.29) is 17.8 Å². The molecule has 1 aliphatic rings. The molecule has 3 N–H and O–H groups in total. The summed E-state index contributed by atoms with van der Waals surface area (Å²) in [7, 11) is 0. The van der Waals surface area contributed by atoms with Crippen LogP contribution in [0, 0.1) is 23.1 Å². The van der Waals surface area contributed by atoms with Gasteiger partial charge < -0.3 is 11.1 Å². The number of nitrogens with zero attached hydrogens (tertiary/aromatic N) is 3. The van der Waals surface area contributed by atoms with Gasteiger partial charge in [-0.15, -0.1) is 0 Å². The van der Waals surface area contributed by atoms with Gasteiger partial charge in [0.25, 0.3) is 5.91 Å². The number of aromatic nitrogens is 2. The van der Waals surface area contributed by atoms with Crippen LogP contribution in [0.1, 0.15) is 48.0 Å². The van der Waals surface area contributed by atoms with E-state index in [2.05, 4.69) is 22.6 Å². The van der Waals surface area contributed by atoms with Crippen molar-refractivity contribution in [3.63, 3.8) is 0 Å². The molecular formula is C25H25ClFN5O. The Kier molecular flexibility index (Phi) is 6.66. The highest BCUT2D eigenvalue weighted by molar-refractivity contribution is 6.30. The topological polar surface area (TPSA) is 96.7 Å². The summed E-state index contributed by atoms with van der Waals surface area (Å²) in [5.41, 5.74) is 7.13. The fourth-order valence-electron chi connectivity index (χ4n) is 4.61. The third kappa shape index (κ3) is 5.18. The van der Waals surface area contributed by atoms with E-state index < -0.39 is 11.4 Å². The van der Waals surface area contributed by atoms with E-state index in [4.69, 9.17) is 17.3 Å². The van der Waals surface area contributed by atoms with Gasteiger partial charge in [-0.05, 0) is 80.0 Å². The lowest BCUT2D eigenvalue weighted by molar-refractivity contribution is 0.1000. The van der Waals surface area contributed by atoms with Crippen LogP contribution >= 0.6 is 11.6 Å². The van der Waals surface area contributed by atoms with Gasteiger partial charge in [0.15, 0.2) is 5.82 Å². The molecule has 8 heteroatoms. The van der Waals surface area contributed by atoms with E-state index in [9.17, 15) is 14.4 Å². The van der Waals surface area contributed by atoms with Gasteiger partial charge in [0.05, 0.1) is 18.0 Å². The van der Waals surface area contributed by atoms with Crippen molar-refractivity contribution in [1.29, 1.82) is 5.26 Å². The van der Waals surface area contributed by atoms with E-state index in [1.165, 1.54) is 17.7 Å². The molecule has 1 heterocycles. The molecule has 1 aromatic heterocycles. The fourth-order valence-corrected chi connectivity index (χ4v) is 4.82. The van der Waals surface area contributed by atoms with Crippen molar-refractivity contribution in [2.45, 2.75) is 44.1 Å². The van der Waals surface area contributed by atoms with Crippen LogP contribution in [-0.2, 0) is 12.0 Å². The number of hydrogen-bond donors (Lipinski definition) is 2. The Hall–Kier alpha value is -3.37. The highest BCUT2D eigenvalue weighted by Gasteiger charge is 2.38. The predicted molar refractivity (Wildman–Crippen MR) is 126 cm³/mol. The molecule has 4 rings (SSSR count). The minimum atomic E-state index is -0.618. The molecule has 6 nitrogen and oxygen atoms in total. The molecule has 170 valence electrons.